The Labute approximate surface area is 138 Å². The van der Waals surface area contributed by atoms with Gasteiger partial charge in [-0.05, 0) is 12.1 Å². The van der Waals surface area contributed by atoms with Gasteiger partial charge in [-0.3, -0.25) is 9.78 Å². The van der Waals surface area contributed by atoms with E-state index >= 15 is 0 Å². The lowest BCUT2D eigenvalue weighted by atomic mass is 10.2. The molecule has 2 N–H and O–H groups in total. The second-order valence-corrected chi connectivity index (χ2v) is 5.14. The number of carbonyl (C=O) groups is 1. The molecule has 0 atom stereocenters. The zero-order chi connectivity index (χ0) is 16.1. The first-order valence-corrected chi connectivity index (χ1v) is 7.69. The van der Waals surface area contributed by atoms with Gasteiger partial charge in [0, 0.05) is 11.6 Å². The minimum atomic E-state index is -0.190. The summed E-state index contributed by atoms with van der Waals surface area (Å²) in [6, 6.07) is 9.89. The number of nitrogens with zero attached hydrogens (tertiary/aromatic N) is 3. The standard InChI is InChI=1S/C16H15N5OS/c22-15(10-23)21-12-7-19-14(20-8-12)9-18-13-5-1-3-11-4-2-6-17-16(11)13/h1-8,18,23H,9-10H2,(H,21,22). The van der Waals surface area contributed by atoms with Crippen molar-refractivity contribution in [3.8, 4) is 0 Å². The molecule has 0 aliphatic rings. The minimum Gasteiger partial charge on any atom is -0.376 e. The highest BCUT2D eigenvalue weighted by molar-refractivity contribution is 7.81. The van der Waals surface area contributed by atoms with Gasteiger partial charge in [-0.15, -0.1) is 0 Å². The van der Waals surface area contributed by atoms with Gasteiger partial charge in [-0.2, -0.15) is 12.6 Å². The number of pyridine rings is 1. The zero-order valence-electron chi connectivity index (χ0n) is 12.2. The molecule has 0 saturated carbocycles. The second-order valence-electron chi connectivity index (χ2n) is 4.83. The van der Waals surface area contributed by atoms with Crippen molar-refractivity contribution in [2.45, 2.75) is 6.54 Å². The van der Waals surface area contributed by atoms with Crippen LogP contribution in [0.2, 0.25) is 0 Å². The summed E-state index contributed by atoms with van der Waals surface area (Å²) >= 11 is 3.90. The first kappa shape index (κ1) is 15.2. The van der Waals surface area contributed by atoms with Crippen molar-refractivity contribution < 1.29 is 4.79 Å². The maximum atomic E-state index is 11.2. The van der Waals surface area contributed by atoms with Crippen LogP contribution in [0.5, 0.6) is 0 Å². The molecule has 2 heterocycles. The average Bonchev–Trinajstić information content (AvgIpc) is 2.61. The molecule has 0 unspecified atom stereocenters. The van der Waals surface area contributed by atoms with Gasteiger partial charge in [0.15, 0.2) is 0 Å². The Balaban J connectivity index is 1.69. The molecule has 116 valence electrons. The Morgan fingerprint density at radius 3 is 2.65 bits per heavy atom. The van der Waals surface area contributed by atoms with E-state index in [2.05, 4.69) is 38.2 Å². The van der Waals surface area contributed by atoms with Crippen molar-refractivity contribution in [2.24, 2.45) is 0 Å². The highest BCUT2D eigenvalue weighted by atomic mass is 32.1. The van der Waals surface area contributed by atoms with Crippen molar-refractivity contribution in [1.29, 1.82) is 0 Å². The van der Waals surface area contributed by atoms with Gasteiger partial charge in [-0.1, -0.05) is 18.2 Å². The summed E-state index contributed by atoms with van der Waals surface area (Å²) in [6.07, 6.45) is 4.92. The van der Waals surface area contributed by atoms with E-state index in [1.54, 1.807) is 18.6 Å². The monoisotopic (exact) mass is 325 g/mol. The van der Waals surface area contributed by atoms with Crippen LogP contribution >= 0.6 is 12.6 Å². The minimum absolute atomic E-state index is 0.122. The number of para-hydroxylation sites is 1. The van der Waals surface area contributed by atoms with E-state index in [1.165, 1.54) is 0 Å². The third kappa shape index (κ3) is 3.75. The number of thiol groups is 1. The number of amides is 1. The number of fused-ring (bicyclic) bond motifs is 1. The maximum Gasteiger partial charge on any atom is 0.234 e. The third-order valence-corrected chi connectivity index (χ3v) is 3.49. The molecule has 0 bridgehead atoms. The van der Waals surface area contributed by atoms with Gasteiger partial charge in [-0.25, -0.2) is 9.97 Å². The van der Waals surface area contributed by atoms with Gasteiger partial charge in [0.05, 0.1) is 41.6 Å². The molecule has 2 aromatic heterocycles. The number of benzene rings is 1. The highest BCUT2D eigenvalue weighted by Gasteiger charge is 2.04. The fourth-order valence-electron chi connectivity index (χ4n) is 2.13. The van der Waals surface area contributed by atoms with Crippen molar-refractivity contribution in [3.63, 3.8) is 0 Å². The normalized spacial score (nSPS) is 10.5. The predicted molar refractivity (Wildman–Crippen MR) is 93.6 cm³/mol. The van der Waals surface area contributed by atoms with Gasteiger partial charge in [0.2, 0.25) is 5.91 Å². The predicted octanol–water partition coefficient (Wildman–Crippen LogP) is 2.51. The molecular weight excluding hydrogens is 310 g/mol. The molecule has 23 heavy (non-hydrogen) atoms. The first-order chi connectivity index (χ1) is 11.3. The van der Waals surface area contributed by atoms with Crippen LogP contribution in [0.1, 0.15) is 5.82 Å². The van der Waals surface area contributed by atoms with Crippen LogP contribution in [0.15, 0.2) is 48.9 Å². The summed E-state index contributed by atoms with van der Waals surface area (Å²) in [5.41, 5.74) is 2.39. The van der Waals surface area contributed by atoms with Crippen LogP contribution in [0.3, 0.4) is 0 Å². The van der Waals surface area contributed by atoms with Gasteiger partial charge < -0.3 is 10.6 Å². The molecule has 0 saturated heterocycles. The van der Waals surface area contributed by atoms with Crippen LogP contribution in [0.25, 0.3) is 10.9 Å². The third-order valence-electron chi connectivity index (χ3n) is 3.20. The number of aromatic nitrogens is 3. The topological polar surface area (TPSA) is 79.8 Å². The molecule has 6 nitrogen and oxygen atoms in total. The summed E-state index contributed by atoms with van der Waals surface area (Å²) in [5, 5.41) is 7.01. The summed E-state index contributed by atoms with van der Waals surface area (Å²) in [4.78, 5) is 24.1. The van der Waals surface area contributed by atoms with Crippen LogP contribution in [0, 0.1) is 0 Å². The molecule has 3 rings (SSSR count). The maximum absolute atomic E-state index is 11.2. The van der Waals surface area contributed by atoms with Crippen molar-refractivity contribution >= 4 is 40.8 Å². The number of hydrogen-bond acceptors (Lipinski definition) is 6. The fraction of sp³-hybridized carbons (Fsp3) is 0.125. The Kier molecular flexibility index (Phi) is 4.68. The van der Waals surface area contributed by atoms with E-state index in [1.807, 2.05) is 30.3 Å². The lowest BCUT2D eigenvalue weighted by Crippen LogP contribution is -2.13. The second kappa shape index (κ2) is 7.06. The number of nitrogens with one attached hydrogen (secondary N) is 2. The van der Waals surface area contributed by atoms with Crippen LogP contribution in [-0.4, -0.2) is 26.6 Å². The van der Waals surface area contributed by atoms with E-state index in [4.69, 9.17) is 0 Å². The molecule has 7 heteroatoms. The SMILES string of the molecule is O=C(CS)Nc1cnc(CNc2cccc3cccnc23)nc1. The largest absolute Gasteiger partial charge is 0.376 e. The summed E-state index contributed by atoms with van der Waals surface area (Å²) in [5.74, 6) is 0.559. The van der Waals surface area contributed by atoms with Gasteiger partial charge in [0.1, 0.15) is 5.82 Å². The van der Waals surface area contributed by atoms with Gasteiger partial charge in [0.25, 0.3) is 0 Å². The number of hydrogen-bond donors (Lipinski definition) is 3. The molecule has 0 spiro atoms. The number of carbonyl (C=O) groups excluding carboxylic acids is 1. The van der Waals surface area contributed by atoms with Crippen LogP contribution in [0.4, 0.5) is 11.4 Å². The van der Waals surface area contributed by atoms with Crippen LogP contribution in [-0.2, 0) is 11.3 Å². The van der Waals surface area contributed by atoms with E-state index in [9.17, 15) is 4.79 Å². The Bertz CT molecular complexity index is 817. The summed E-state index contributed by atoms with van der Waals surface area (Å²) in [6.45, 7) is 0.469. The lowest BCUT2D eigenvalue weighted by Gasteiger charge is -2.08. The molecule has 3 aromatic rings. The van der Waals surface area contributed by atoms with Gasteiger partial charge >= 0.3 is 0 Å². The van der Waals surface area contributed by atoms with Crippen molar-refractivity contribution in [3.05, 3.63) is 54.7 Å². The molecule has 0 aliphatic heterocycles. The lowest BCUT2D eigenvalue weighted by molar-refractivity contribution is -0.113. The molecular formula is C16H15N5OS. The van der Waals surface area contributed by atoms with Crippen molar-refractivity contribution in [2.75, 3.05) is 16.4 Å². The molecule has 0 radical (unpaired) electrons. The Morgan fingerprint density at radius 1 is 1.09 bits per heavy atom. The highest BCUT2D eigenvalue weighted by Crippen LogP contribution is 2.20. The molecule has 0 aliphatic carbocycles. The smallest absolute Gasteiger partial charge is 0.234 e. The number of anilines is 2. The molecule has 1 amide bonds. The fourth-order valence-corrected chi connectivity index (χ4v) is 2.21. The average molecular weight is 325 g/mol. The zero-order valence-corrected chi connectivity index (χ0v) is 13.1. The first-order valence-electron chi connectivity index (χ1n) is 7.05. The van der Waals surface area contributed by atoms with E-state index in [0.29, 0.717) is 18.1 Å². The Hall–Kier alpha value is -2.67. The van der Waals surface area contributed by atoms with E-state index in [-0.39, 0.29) is 11.7 Å². The van der Waals surface area contributed by atoms with E-state index < -0.39 is 0 Å². The van der Waals surface area contributed by atoms with Crippen molar-refractivity contribution in [1.82, 2.24) is 15.0 Å². The summed E-state index contributed by atoms with van der Waals surface area (Å²) < 4.78 is 0. The quantitative estimate of drug-likeness (QED) is 0.628. The van der Waals surface area contributed by atoms with Crippen LogP contribution < -0.4 is 10.6 Å². The Morgan fingerprint density at radius 2 is 1.87 bits per heavy atom. The number of rotatable bonds is 5. The molecule has 1 aromatic carbocycles. The van der Waals surface area contributed by atoms with E-state index in [0.717, 1.165) is 16.6 Å². The molecule has 0 fully saturated rings. The summed E-state index contributed by atoms with van der Waals surface area (Å²) in [7, 11) is 0.